The Morgan fingerprint density at radius 1 is 0.980 bits per heavy atom. The van der Waals surface area contributed by atoms with Gasteiger partial charge in [-0.05, 0) is 89.3 Å². The van der Waals surface area contributed by atoms with Crippen LogP contribution in [-0.4, -0.2) is 57.0 Å². The van der Waals surface area contributed by atoms with Crippen molar-refractivity contribution in [1.29, 1.82) is 0 Å². The number of amides is 1. The van der Waals surface area contributed by atoms with Crippen LogP contribution in [0.1, 0.15) is 84.1 Å². The molecule has 16 heteroatoms. The van der Waals surface area contributed by atoms with E-state index in [0.717, 1.165) is 17.1 Å². The lowest BCUT2D eigenvalue weighted by molar-refractivity contribution is -0.143. The van der Waals surface area contributed by atoms with E-state index in [2.05, 4.69) is 10.1 Å². The molecule has 1 aliphatic rings. The number of ether oxygens (including phenoxy) is 3. The molecule has 0 saturated carbocycles. The van der Waals surface area contributed by atoms with Gasteiger partial charge in [-0.3, -0.25) is 0 Å². The van der Waals surface area contributed by atoms with E-state index in [1.54, 1.807) is 50.8 Å². The molecule has 0 aliphatic carbocycles. The first kappa shape index (κ1) is 37.7. The Labute approximate surface area is 294 Å². The minimum absolute atomic E-state index is 0.136. The van der Waals surface area contributed by atoms with Gasteiger partial charge in [-0.15, -0.1) is 11.3 Å². The minimum atomic E-state index is -4.97. The number of halogens is 6. The number of thiophene rings is 1. The zero-order valence-corrected chi connectivity index (χ0v) is 29.3. The second kappa shape index (κ2) is 14.6. The van der Waals surface area contributed by atoms with Crippen molar-refractivity contribution < 1.29 is 50.1 Å². The third-order valence-corrected chi connectivity index (χ3v) is 9.07. The Morgan fingerprint density at radius 3 is 2.31 bits per heavy atom. The van der Waals surface area contributed by atoms with Crippen LogP contribution in [0.4, 0.5) is 31.1 Å². The Bertz CT molecular complexity index is 1890. The van der Waals surface area contributed by atoms with Crippen molar-refractivity contribution in [3.63, 3.8) is 0 Å². The van der Waals surface area contributed by atoms with Gasteiger partial charge in [0.05, 0.1) is 28.9 Å². The summed E-state index contributed by atoms with van der Waals surface area (Å²) in [4.78, 5) is 31.9. The van der Waals surface area contributed by atoms with Gasteiger partial charge in [0.1, 0.15) is 23.5 Å². The molecule has 0 bridgehead atoms. The van der Waals surface area contributed by atoms with Gasteiger partial charge in [-0.2, -0.15) is 31.4 Å². The second-order valence-electron chi connectivity index (χ2n) is 12.9. The van der Waals surface area contributed by atoms with Crippen LogP contribution >= 0.6 is 11.3 Å². The molecule has 0 spiro atoms. The average molecular weight is 739 g/mol. The maximum atomic E-state index is 14.3. The van der Waals surface area contributed by atoms with Crippen LogP contribution in [0.15, 0.2) is 48.7 Å². The van der Waals surface area contributed by atoms with E-state index in [1.165, 1.54) is 36.5 Å². The highest BCUT2D eigenvalue weighted by atomic mass is 32.1. The number of nitrogens with zero attached hydrogens (tertiary/aromatic N) is 4. The zero-order valence-electron chi connectivity index (χ0n) is 28.4. The molecular formula is C35H36F6N4O5S. The predicted octanol–water partition coefficient (Wildman–Crippen LogP) is 9.21. The lowest BCUT2D eigenvalue weighted by Crippen LogP contribution is -2.41. The summed E-state index contributed by atoms with van der Waals surface area (Å²) in [6.45, 7) is 8.79. The number of hydrogen-bond acceptors (Lipinski definition) is 8. The number of likely N-dealkylation sites (tertiary alicyclic amines) is 1. The minimum Gasteiger partial charge on any atom is -0.488 e. The summed E-state index contributed by atoms with van der Waals surface area (Å²) in [5.41, 5.74) is -2.55. The number of carbonyl (C=O) groups excluding carboxylic acids is 2. The van der Waals surface area contributed by atoms with Crippen molar-refractivity contribution in [3.05, 3.63) is 81.5 Å². The number of esters is 1. The molecule has 1 aliphatic heterocycles. The molecule has 5 rings (SSSR count). The highest BCUT2D eigenvalue weighted by Crippen LogP contribution is 2.41. The maximum Gasteiger partial charge on any atom is 0.434 e. The lowest BCUT2D eigenvalue weighted by Gasteiger charge is -2.33. The predicted molar refractivity (Wildman–Crippen MR) is 176 cm³/mol. The van der Waals surface area contributed by atoms with E-state index in [1.807, 2.05) is 0 Å². The van der Waals surface area contributed by atoms with Gasteiger partial charge >= 0.3 is 24.4 Å². The molecule has 51 heavy (non-hydrogen) atoms. The van der Waals surface area contributed by atoms with Crippen molar-refractivity contribution in [2.75, 3.05) is 19.7 Å². The van der Waals surface area contributed by atoms with Gasteiger partial charge in [-0.1, -0.05) is 12.1 Å². The Kier molecular flexibility index (Phi) is 10.7. The molecule has 0 unspecified atom stereocenters. The molecule has 1 saturated heterocycles. The summed E-state index contributed by atoms with van der Waals surface area (Å²) < 4.78 is 102. The quantitative estimate of drug-likeness (QED) is 0.131. The Hall–Kier alpha value is -4.60. The first-order valence-electron chi connectivity index (χ1n) is 16.1. The molecule has 1 fully saturated rings. The van der Waals surface area contributed by atoms with Gasteiger partial charge < -0.3 is 19.1 Å². The number of alkyl halides is 6. The topological polar surface area (TPSA) is 95.8 Å². The SMILES string of the molecule is CCOC(=O)c1cnn(-c2cccc(-c3sc(C)cc3COc3ccc(C4CCN(C(=O)OC(C)(C)C)CC4)cc3C(F)(F)F)n2)c1C(F)(F)F. The van der Waals surface area contributed by atoms with Crippen molar-refractivity contribution in [2.45, 2.75) is 77.9 Å². The Balaban J connectivity index is 1.37. The van der Waals surface area contributed by atoms with Crippen molar-refractivity contribution in [2.24, 2.45) is 0 Å². The number of aromatic nitrogens is 3. The summed E-state index contributed by atoms with van der Waals surface area (Å²) >= 11 is 1.24. The van der Waals surface area contributed by atoms with Crippen LogP contribution in [0.2, 0.25) is 0 Å². The number of carbonyl (C=O) groups is 2. The van der Waals surface area contributed by atoms with Crippen LogP contribution in [0.25, 0.3) is 16.4 Å². The third kappa shape index (κ3) is 8.83. The highest BCUT2D eigenvalue weighted by Gasteiger charge is 2.41. The zero-order chi connectivity index (χ0) is 37.3. The van der Waals surface area contributed by atoms with Crippen LogP contribution in [0.3, 0.4) is 0 Å². The fraction of sp³-hybridized carbons (Fsp3) is 0.429. The van der Waals surface area contributed by atoms with E-state index in [0.29, 0.717) is 46.6 Å². The van der Waals surface area contributed by atoms with Crippen molar-refractivity contribution >= 4 is 23.4 Å². The number of pyridine rings is 1. The van der Waals surface area contributed by atoms with Gasteiger partial charge in [0.25, 0.3) is 0 Å². The van der Waals surface area contributed by atoms with Gasteiger partial charge in [0.2, 0.25) is 0 Å². The smallest absolute Gasteiger partial charge is 0.434 e. The molecule has 274 valence electrons. The molecule has 4 aromatic rings. The number of aryl methyl sites for hydroxylation is 1. The average Bonchev–Trinajstić information content (AvgIpc) is 3.67. The van der Waals surface area contributed by atoms with Gasteiger partial charge in [0, 0.05) is 23.5 Å². The summed E-state index contributed by atoms with van der Waals surface area (Å²) in [7, 11) is 0. The summed E-state index contributed by atoms with van der Waals surface area (Å²) in [5.74, 6) is -2.01. The number of rotatable bonds is 8. The monoisotopic (exact) mass is 738 g/mol. The summed E-state index contributed by atoms with van der Waals surface area (Å²) in [6.07, 6.45) is -8.46. The molecule has 0 atom stereocenters. The van der Waals surface area contributed by atoms with E-state index < -0.39 is 46.8 Å². The standard InChI is InChI=1S/C35H36F6N4O5S/c1-6-48-31(46)24-18-42-45(30(24)35(39,40)41)28-9-7-8-26(43-28)29-23(16-20(2)51-29)19-49-27-11-10-22(17-25(27)34(36,37)38)21-12-14-44(15-13-21)32(47)50-33(3,4)5/h7-11,16-18,21H,6,12-15,19H2,1-5H3. The largest absolute Gasteiger partial charge is 0.488 e. The summed E-state index contributed by atoms with van der Waals surface area (Å²) in [5, 5.41) is 3.77. The molecular weight excluding hydrogens is 702 g/mol. The van der Waals surface area contributed by atoms with Crippen LogP contribution in [0.5, 0.6) is 5.75 Å². The molecule has 1 amide bonds. The van der Waals surface area contributed by atoms with E-state index in [4.69, 9.17) is 14.2 Å². The fourth-order valence-electron chi connectivity index (χ4n) is 5.74. The highest BCUT2D eigenvalue weighted by molar-refractivity contribution is 7.15. The van der Waals surface area contributed by atoms with Crippen LogP contribution < -0.4 is 4.74 Å². The number of piperidine rings is 1. The normalized spacial score (nSPS) is 14.5. The molecule has 9 nitrogen and oxygen atoms in total. The molecule has 0 N–H and O–H groups in total. The molecule has 4 heterocycles. The van der Waals surface area contributed by atoms with E-state index in [-0.39, 0.29) is 36.4 Å². The molecule has 1 aromatic carbocycles. The van der Waals surface area contributed by atoms with E-state index >= 15 is 0 Å². The van der Waals surface area contributed by atoms with Crippen LogP contribution in [-0.2, 0) is 28.4 Å². The van der Waals surface area contributed by atoms with E-state index in [9.17, 15) is 35.9 Å². The third-order valence-electron chi connectivity index (χ3n) is 7.96. The number of hydrogen-bond donors (Lipinski definition) is 0. The van der Waals surface area contributed by atoms with Crippen LogP contribution in [0, 0.1) is 6.92 Å². The second-order valence-corrected chi connectivity index (χ2v) is 14.2. The fourth-order valence-corrected chi connectivity index (χ4v) is 6.73. The van der Waals surface area contributed by atoms with Gasteiger partial charge in [0.15, 0.2) is 11.5 Å². The first-order chi connectivity index (χ1) is 23.9. The molecule has 0 radical (unpaired) electrons. The maximum absolute atomic E-state index is 14.3. The lowest BCUT2D eigenvalue weighted by atomic mass is 9.88. The first-order valence-corrected chi connectivity index (χ1v) is 16.9. The van der Waals surface area contributed by atoms with Crippen molar-refractivity contribution in [1.82, 2.24) is 19.7 Å². The molecule has 3 aromatic heterocycles. The Morgan fingerprint density at radius 2 is 1.69 bits per heavy atom. The van der Waals surface area contributed by atoms with Crippen molar-refractivity contribution in [3.8, 4) is 22.1 Å². The number of benzene rings is 1. The summed E-state index contributed by atoms with van der Waals surface area (Å²) in [6, 6.07) is 9.97. The van der Waals surface area contributed by atoms with Gasteiger partial charge in [-0.25, -0.2) is 19.3 Å².